The van der Waals surface area contributed by atoms with Crippen LogP contribution in [0.3, 0.4) is 0 Å². The van der Waals surface area contributed by atoms with Gasteiger partial charge in [0.25, 0.3) is 5.56 Å². The summed E-state index contributed by atoms with van der Waals surface area (Å²) in [4.78, 5) is 17.3. The van der Waals surface area contributed by atoms with E-state index >= 15 is 0 Å². The molecular weight excluding hydrogens is 350 g/mol. The van der Waals surface area contributed by atoms with Crippen molar-refractivity contribution in [1.82, 2.24) is 14.9 Å². The molecule has 0 spiro atoms. The van der Waals surface area contributed by atoms with E-state index in [1.807, 2.05) is 4.57 Å². The van der Waals surface area contributed by atoms with Gasteiger partial charge in [-0.2, -0.15) is 0 Å². The van der Waals surface area contributed by atoms with Gasteiger partial charge < -0.3 is 14.3 Å². The average molecular weight is 371 g/mol. The van der Waals surface area contributed by atoms with E-state index in [1.54, 1.807) is 0 Å². The molecule has 3 heterocycles. The molecule has 5 heteroatoms. The zero-order valence-corrected chi connectivity index (χ0v) is 16.0. The van der Waals surface area contributed by atoms with Gasteiger partial charge in [0.1, 0.15) is 0 Å². The molecule has 0 saturated heterocycles. The van der Waals surface area contributed by atoms with Crippen LogP contribution in [0, 0.1) is 6.92 Å². The van der Waals surface area contributed by atoms with Gasteiger partial charge >= 0.3 is 0 Å². The molecule has 28 heavy (non-hydrogen) atoms. The van der Waals surface area contributed by atoms with Crippen molar-refractivity contribution in [3.8, 4) is 11.1 Å². The van der Waals surface area contributed by atoms with E-state index in [0.29, 0.717) is 17.1 Å². The van der Waals surface area contributed by atoms with Crippen molar-refractivity contribution < 1.29 is 4.42 Å². The first-order valence-electron chi connectivity index (χ1n) is 9.91. The van der Waals surface area contributed by atoms with Gasteiger partial charge in [0.2, 0.25) is 0 Å². The number of pyridine rings is 1. The number of nitrogens with zero attached hydrogens (tertiary/aromatic N) is 2. The third-order valence-electron chi connectivity index (χ3n) is 6.34. The van der Waals surface area contributed by atoms with Gasteiger partial charge in [-0.3, -0.25) is 4.79 Å². The Morgan fingerprint density at radius 2 is 2.07 bits per heavy atom. The zero-order chi connectivity index (χ0) is 19.0. The van der Waals surface area contributed by atoms with E-state index < -0.39 is 0 Å². The first-order valence-corrected chi connectivity index (χ1v) is 9.91. The number of nitrogens with one attached hydrogen (secondary N) is 1. The Labute approximate surface area is 162 Å². The highest BCUT2D eigenvalue weighted by Gasteiger charge is 2.29. The summed E-state index contributed by atoms with van der Waals surface area (Å²) in [5.41, 5.74) is 8.20. The minimum atomic E-state index is -0.0361. The second-order valence-corrected chi connectivity index (χ2v) is 8.09. The molecule has 5 nitrogen and oxygen atoms in total. The van der Waals surface area contributed by atoms with E-state index in [4.69, 9.17) is 4.42 Å². The second kappa shape index (κ2) is 5.55. The number of aryl methyl sites for hydroxylation is 1. The van der Waals surface area contributed by atoms with Gasteiger partial charge in [0, 0.05) is 24.0 Å². The van der Waals surface area contributed by atoms with Crippen molar-refractivity contribution in [3.63, 3.8) is 0 Å². The van der Waals surface area contributed by atoms with Crippen LogP contribution in [0.25, 0.3) is 33.1 Å². The van der Waals surface area contributed by atoms with Gasteiger partial charge in [-0.25, -0.2) is 4.98 Å². The summed E-state index contributed by atoms with van der Waals surface area (Å²) in [5.74, 6) is 0. The molecular formula is C23H21N3O2. The molecule has 2 aromatic carbocycles. The predicted octanol–water partition coefficient (Wildman–Crippen LogP) is 4.62. The minimum absolute atomic E-state index is 0.0361. The Hall–Kier alpha value is -2.92. The van der Waals surface area contributed by atoms with Gasteiger partial charge in [-0.15, -0.1) is 0 Å². The number of hydrogen-bond acceptors (Lipinski definition) is 4. The van der Waals surface area contributed by atoms with Crippen LogP contribution in [-0.4, -0.2) is 9.55 Å². The normalized spacial score (nSPS) is 18.9. The number of aromatic nitrogens is 2. The van der Waals surface area contributed by atoms with E-state index in [2.05, 4.69) is 54.5 Å². The molecule has 6 rings (SSSR count). The Balaban J connectivity index is 1.66. The molecule has 1 atom stereocenters. The van der Waals surface area contributed by atoms with Gasteiger partial charge in [-0.1, -0.05) is 18.2 Å². The first kappa shape index (κ1) is 16.1. The smallest absolute Gasteiger partial charge is 0.281 e. The summed E-state index contributed by atoms with van der Waals surface area (Å²) >= 11 is 0. The molecule has 0 radical (unpaired) electrons. The highest BCUT2D eigenvalue weighted by molar-refractivity contribution is 6.04. The molecule has 4 aromatic rings. The largest absolute Gasteiger partial charge is 0.443 e. The Morgan fingerprint density at radius 1 is 1.21 bits per heavy atom. The van der Waals surface area contributed by atoms with E-state index in [-0.39, 0.29) is 11.6 Å². The number of fused-ring (bicyclic) bond motifs is 4. The van der Waals surface area contributed by atoms with Crippen molar-refractivity contribution in [3.05, 3.63) is 63.8 Å². The number of oxazole rings is 1. The Bertz CT molecular complexity index is 1330. The molecule has 2 aromatic heterocycles. The second-order valence-electron chi connectivity index (χ2n) is 8.09. The lowest BCUT2D eigenvalue weighted by Gasteiger charge is -2.16. The standard InChI is InChI=1S/C23H21N3O2/c1-12-17(14-3-6-18-13(2)24-10-15(18)9-14)7-8-19-21(12)26(16-4-5-16)23(27)20-22(19)28-11-25-20/h3,6-9,11,13,16,24H,4-5,10H2,1-2H3/t13-/m1/s1. The molecule has 1 aliphatic carbocycles. The highest BCUT2D eigenvalue weighted by atomic mass is 16.3. The Morgan fingerprint density at radius 3 is 2.89 bits per heavy atom. The van der Waals surface area contributed by atoms with Crippen LogP contribution in [0.2, 0.25) is 0 Å². The third kappa shape index (κ3) is 2.11. The first-order chi connectivity index (χ1) is 13.6. The fourth-order valence-corrected chi connectivity index (χ4v) is 4.71. The van der Waals surface area contributed by atoms with Gasteiger partial charge in [0.15, 0.2) is 17.5 Å². The fraction of sp³-hybridized carbons (Fsp3) is 0.304. The van der Waals surface area contributed by atoms with Crippen LogP contribution < -0.4 is 10.9 Å². The number of rotatable bonds is 2. The lowest BCUT2D eigenvalue weighted by Crippen LogP contribution is -2.20. The van der Waals surface area contributed by atoms with Crippen molar-refractivity contribution >= 4 is 22.0 Å². The summed E-state index contributed by atoms with van der Waals surface area (Å²) < 4.78 is 7.56. The quantitative estimate of drug-likeness (QED) is 0.559. The van der Waals surface area contributed by atoms with E-state index in [9.17, 15) is 4.79 Å². The summed E-state index contributed by atoms with van der Waals surface area (Å²) in [6.07, 6.45) is 3.47. The molecule has 1 saturated carbocycles. The summed E-state index contributed by atoms with van der Waals surface area (Å²) in [7, 11) is 0. The molecule has 0 amide bonds. The molecule has 2 aliphatic rings. The van der Waals surface area contributed by atoms with Gasteiger partial charge in [0.05, 0.1) is 5.52 Å². The van der Waals surface area contributed by atoms with Crippen LogP contribution in [0.5, 0.6) is 0 Å². The van der Waals surface area contributed by atoms with Gasteiger partial charge in [-0.05, 0) is 66.6 Å². The Kier molecular flexibility index (Phi) is 3.19. The van der Waals surface area contributed by atoms with Crippen molar-refractivity contribution in [2.45, 2.75) is 45.3 Å². The monoisotopic (exact) mass is 371 g/mol. The maximum Gasteiger partial charge on any atom is 0.281 e. The van der Waals surface area contributed by atoms with E-state index in [1.165, 1.54) is 28.6 Å². The molecule has 1 fully saturated rings. The molecule has 1 N–H and O–H groups in total. The molecule has 0 bridgehead atoms. The van der Waals surface area contributed by atoms with Crippen molar-refractivity contribution in [2.75, 3.05) is 0 Å². The van der Waals surface area contributed by atoms with Crippen LogP contribution in [-0.2, 0) is 6.54 Å². The number of benzene rings is 2. The fourth-order valence-electron chi connectivity index (χ4n) is 4.71. The summed E-state index contributed by atoms with van der Waals surface area (Å²) in [5, 5.41) is 4.47. The number of hydrogen-bond donors (Lipinski definition) is 1. The molecule has 1 aliphatic heterocycles. The molecule has 140 valence electrons. The van der Waals surface area contributed by atoms with E-state index in [0.717, 1.165) is 35.9 Å². The van der Waals surface area contributed by atoms with Crippen molar-refractivity contribution in [2.24, 2.45) is 0 Å². The van der Waals surface area contributed by atoms with Crippen LogP contribution in [0.1, 0.15) is 48.5 Å². The minimum Gasteiger partial charge on any atom is -0.443 e. The SMILES string of the molecule is Cc1c(-c2ccc3c(c2)CN[C@@H]3C)ccc2c3ocnc3c(=O)n(C3CC3)c12. The van der Waals surface area contributed by atoms with Crippen LogP contribution in [0.4, 0.5) is 0 Å². The maximum atomic E-state index is 13.1. The average Bonchev–Trinajstić information content (AvgIpc) is 3.28. The lowest BCUT2D eigenvalue weighted by atomic mass is 9.94. The maximum absolute atomic E-state index is 13.1. The third-order valence-corrected chi connectivity index (χ3v) is 6.34. The molecule has 0 unspecified atom stereocenters. The zero-order valence-electron chi connectivity index (χ0n) is 16.0. The van der Waals surface area contributed by atoms with Crippen molar-refractivity contribution in [1.29, 1.82) is 0 Å². The predicted molar refractivity (Wildman–Crippen MR) is 109 cm³/mol. The summed E-state index contributed by atoms with van der Waals surface area (Å²) in [6.45, 7) is 5.22. The highest BCUT2D eigenvalue weighted by Crippen LogP contribution is 2.40. The lowest BCUT2D eigenvalue weighted by molar-refractivity contribution is 0.604. The van der Waals surface area contributed by atoms with Crippen LogP contribution >= 0.6 is 0 Å². The topological polar surface area (TPSA) is 60.1 Å². The summed E-state index contributed by atoms with van der Waals surface area (Å²) in [6, 6.07) is 11.6. The van der Waals surface area contributed by atoms with Crippen LogP contribution in [0.15, 0.2) is 45.9 Å².